The second kappa shape index (κ2) is 7.29. The van der Waals surface area contributed by atoms with Gasteiger partial charge in [-0.1, -0.05) is 65.5 Å². The lowest BCUT2D eigenvalue weighted by atomic mass is 9.45. The number of fused-ring (bicyclic) bond motifs is 6. The van der Waals surface area contributed by atoms with Crippen LogP contribution in [-0.2, 0) is 9.59 Å². The number of hydrogen-bond acceptors (Lipinski definition) is 2. The van der Waals surface area contributed by atoms with Gasteiger partial charge in [-0.05, 0) is 79.4 Å². The van der Waals surface area contributed by atoms with E-state index in [4.69, 9.17) is 0 Å². The summed E-state index contributed by atoms with van der Waals surface area (Å²) in [6, 6.07) is 0. The molecule has 0 amide bonds. The lowest BCUT2D eigenvalue weighted by molar-refractivity contribution is -0.148. The molecule has 0 aromatic rings. The smallest absolute Gasteiger partial charge is 0.143 e. The highest BCUT2D eigenvalue weighted by molar-refractivity contribution is 5.93. The molecule has 0 heterocycles. The minimum absolute atomic E-state index is 0.0886. The van der Waals surface area contributed by atoms with Crippen LogP contribution in [0.3, 0.4) is 0 Å². The Balaban J connectivity index is 1.41. The quantitative estimate of drug-likeness (QED) is 0.439. The number of allylic oxidation sites excluding steroid dienone is 2. The Morgan fingerprint density at radius 1 is 0.968 bits per heavy atom. The Kier molecular flexibility index (Phi) is 5.15. The van der Waals surface area contributed by atoms with Gasteiger partial charge >= 0.3 is 0 Å². The number of Topliss-reactive ketones (excluding diaryl/α,β-unsaturated/α-hetero) is 2. The predicted octanol–water partition coefficient (Wildman–Crippen LogP) is 7.17. The third-order valence-corrected chi connectivity index (χ3v) is 11.2. The van der Waals surface area contributed by atoms with Crippen molar-refractivity contribution in [2.24, 2.45) is 51.8 Å². The van der Waals surface area contributed by atoms with Crippen molar-refractivity contribution >= 4 is 11.6 Å². The molecule has 0 unspecified atom stereocenters. The van der Waals surface area contributed by atoms with Gasteiger partial charge in [0.25, 0.3) is 0 Å². The Hall–Kier alpha value is -0.920. The highest BCUT2D eigenvalue weighted by atomic mass is 16.1. The normalized spacial score (nSPS) is 44.0. The monoisotopic (exact) mass is 424 g/mol. The van der Waals surface area contributed by atoms with E-state index in [1.807, 2.05) is 0 Å². The number of rotatable bonds is 5. The van der Waals surface area contributed by atoms with Gasteiger partial charge in [0.2, 0.25) is 0 Å². The van der Waals surface area contributed by atoms with Gasteiger partial charge in [0.1, 0.15) is 11.6 Å². The maximum Gasteiger partial charge on any atom is 0.143 e. The average molecular weight is 425 g/mol. The van der Waals surface area contributed by atoms with Gasteiger partial charge in [-0.15, -0.1) is 0 Å². The highest BCUT2D eigenvalue weighted by Gasteiger charge is 2.67. The van der Waals surface area contributed by atoms with Crippen LogP contribution in [0.5, 0.6) is 0 Å². The predicted molar refractivity (Wildman–Crippen MR) is 125 cm³/mol. The van der Waals surface area contributed by atoms with Crippen LogP contribution < -0.4 is 0 Å². The molecule has 0 aromatic heterocycles. The zero-order valence-electron chi connectivity index (χ0n) is 20.6. The summed E-state index contributed by atoms with van der Waals surface area (Å²) >= 11 is 0. The van der Waals surface area contributed by atoms with Gasteiger partial charge in [-0.25, -0.2) is 0 Å². The lowest BCUT2D eigenvalue weighted by Gasteiger charge is -2.58. The molecule has 0 aromatic carbocycles. The van der Waals surface area contributed by atoms with Crippen LogP contribution in [0.2, 0.25) is 0 Å². The zero-order valence-corrected chi connectivity index (χ0v) is 20.6. The van der Waals surface area contributed by atoms with Gasteiger partial charge in [0, 0.05) is 18.3 Å². The fourth-order valence-electron chi connectivity index (χ4n) is 9.29. The Morgan fingerprint density at radius 2 is 1.71 bits per heavy atom. The minimum atomic E-state index is -0.109. The van der Waals surface area contributed by atoms with E-state index < -0.39 is 0 Å². The van der Waals surface area contributed by atoms with E-state index in [-0.39, 0.29) is 16.2 Å². The molecule has 0 saturated heterocycles. The molecule has 7 atom stereocenters. The molecule has 4 saturated carbocycles. The first-order chi connectivity index (χ1) is 14.6. The molecule has 5 aliphatic carbocycles. The molecule has 5 rings (SSSR count). The third kappa shape index (κ3) is 3.02. The van der Waals surface area contributed by atoms with Crippen LogP contribution in [0.4, 0.5) is 0 Å². The first-order valence-corrected chi connectivity index (χ1v) is 13.4. The molecule has 0 bridgehead atoms. The van der Waals surface area contributed by atoms with Crippen molar-refractivity contribution in [2.75, 3.05) is 0 Å². The van der Waals surface area contributed by atoms with E-state index in [1.54, 1.807) is 0 Å². The number of hydrogen-bond donors (Lipinski definition) is 0. The lowest BCUT2D eigenvalue weighted by Crippen LogP contribution is -2.56. The standard InChI is InChI=1S/C29H44O2/c1-18(2)7-6-8-19(3)21-10-11-22-20-9-12-24-27(4,14-13-25(30)29(24)15-16-29)23(20)17-26(31)28(21,22)5/h12,18-23H,6-11,13-17H2,1-5H3/t19-,20+,21-,22+,23+,27-,28-/m1/s1. The highest BCUT2D eigenvalue weighted by Crippen LogP contribution is 2.71. The molecule has 0 N–H and O–H groups in total. The molecule has 31 heavy (non-hydrogen) atoms. The molecule has 1 spiro atoms. The summed E-state index contributed by atoms with van der Waals surface area (Å²) in [5, 5.41) is 0. The third-order valence-electron chi connectivity index (χ3n) is 11.2. The second-order valence-corrected chi connectivity index (χ2v) is 13.0. The fraction of sp³-hybridized carbons (Fsp3) is 0.862. The van der Waals surface area contributed by atoms with E-state index in [0.29, 0.717) is 41.2 Å². The van der Waals surface area contributed by atoms with E-state index in [2.05, 4.69) is 40.7 Å². The van der Waals surface area contributed by atoms with Crippen LogP contribution >= 0.6 is 0 Å². The summed E-state index contributed by atoms with van der Waals surface area (Å²) < 4.78 is 0. The van der Waals surface area contributed by atoms with Crippen LogP contribution in [0.15, 0.2) is 11.6 Å². The van der Waals surface area contributed by atoms with Crippen molar-refractivity contribution in [1.29, 1.82) is 0 Å². The van der Waals surface area contributed by atoms with E-state index in [0.717, 1.165) is 44.4 Å². The van der Waals surface area contributed by atoms with E-state index in [9.17, 15) is 9.59 Å². The molecule has 0 radical (unpaired) electrons. The van der Waals surface area contributed by atoms with Crippen molar-refractivity contribution in [1.82, 2.24) is 0 Å². The summed E-state index contributed by atoms with van der Waals surface area (Å²) in [6.45, 7) is 11.9. The molecule has 2 heteroatoms. The van der Waals surface area contributed by atoms with Crippen LogP contribution in [0.25, 0.3) is 0 Å². The molecular formula is C29H44O2. The molecule has 172 valence electrons. The Morgan fingerprint density at radius 3 is 2.39 bits per heavy atom. The average Bonchev–Trinajstić information content (AvgIpc) is 3.42. The summed E-state index contributed by atoms with van der Waals surface area (Å²) in [6.07, 6.45) is 14.6. The van der Waals surface area contributed by atoms with E-state index in [1.165, 1.54) is 37.7 Å². The minimum Gasteiger partial charge on any atom is -0.299 e. The summed E-state index contributed by atoms with van der Waals surface area (Å²) in [5.74, 6) is 4.74. The summed E-state index contributed by atoms with van der Waals surface area (Å²) in [5.41, 5.74) is 1.34. The number of carbonyl (C=O) groups excluding carboxylic acids is 2. The first kappa shape index (κ1) is 21.9. The van der Waals surface area contributed by atoms with E-state index >= 15 is 0 Å². The Labute approximate surface area is 190 Å². The zero-order chi connectivity index (χ0) is 22.2. The van der Waals surface area contributed by atoms with Crippen LogP contribution in [0, 0.1) is 51.8 Å². The topological polar surface area (TPSA) is 34.1 Å². The van der Waals surface area contributed by atoms with Crippen molar-refractivity contribution < 1.29 is 9.59 Å². The second-order valence-electron chi connectivity index (χ2n) is 13.0. The van der Waals surface area contributed by atoms with Crippen molar-refractivity contribution in [3.05, 3.63) is 11.6 Å². The van der Waals surface area contributed by atoms with Gasteiger partial charge in [0.15, 0.2) is 0 Å². The van der Waals surface area contributed by atoms with Crippen LogP contribution in [-0.4, -0.2) is 11.6 Å². The molecule has 4 fully saturated rings. The number of carbonyl (C=O) groups is 2. The van der Waals surface area contributed by atoms with Gasteiger partial charge in [-0.2, -0.15) is 0 Å². The molecule has 0 aliphatic heterocycles. The molecular weight excluding hydrogens is 380 g/mol. The van der Waals surface area contributed by atoms with Gasteiger partial charge in [-0.3, -0.25) is 9.59 Å². The van der Waals surface area contributed by atoms with Gasteiger partial charge in [0.05, 0.1) is 5.41 Å². The van der Waals surface area contributed by atoms with Crippen molar-refractivity contribution in [3.8, 4) is 0 Å². The van der Waals surface area contributed by atoms with Crippen LogP contribution in [0.1, 0.15) is 105 Å². The fourth-order valence-corrected chi connectivity index (χ4v) is 9.29. The Bertz CT molecular complexity index is 802. The maximum atomic E-state index is 13.9. The summed E-state index contributed by atoms with van der Waals surface area (Å²) in [4.78, 5) is 26.7. The summed E-state index contributed by atoms with van der Waals surface area (Å²) in [7, 11) is 0. The number of ketones is 2. The molecule has 5 aliphatic rings. The largest absolute Gasteiger partial charge is 0.299 e. The SMILES string of the molecule is CC(C)CCC[C@@H](C)[C@H]1CC[C@H]2[C@@H]3CC=C4C5(CC5)C(=O)CC[C@]4(C)[C@H]3CC(=O)[C@]12C. The van der Waals surface area contributed by atoms with Crippen molar-refractivity contribution in [2.45, 2.75) is 105 Å². The first-order valence-electron chi connectivity index (χ1n) is 13.4. The molecule has 2 nitrogen and oxygen atoms in total. The maximum absolute atomic E-state index is 13.9. The van der Waals surface area contributed by atoms with Gasteiger partial charge < -0.3 is 0 Å². The van der Waals surface area contributed by atoms with Crippen molar-refractivity contribution in [3.63, 3.8) is 0 Å².